The number of carbonyl (C=O) groups is 2. The number of hydrogen-bond donors (Lipinski definition) is 3. The van der Waals surface area contributed by atoms with Crippen LogP contribution in [-0.2, 0) is 0 Å². The van der Waals surface area contributed by atoms with Crippen molar-refractivity contribution in [3.63, 3.8) is 0 Å². The van der Waals surface area contributed by atoms with Crippen molar-refractivity contribution in [2.45, 2.75) is 0 Å². The lowest BCUT2D eigenvalue weighted by molar-refractivity contribution is 0.0959. The summed E-state index contributed by atoms with van der Waals surface area (Å²) in [4.78, 5) is 23.4. The van der Waals surface area contributed by atoms with Crippen LogP contribution >= 0.6 is 0 Å². The van der Waals surface area contributed by atoms with Gasteiger partial charge in [-0.05, 0) is 29.8 Å². The van der Waals surface area contributed by atoms with Crippen LogP contribution in [0.5, 0.6) is 0 Å². The van der Waals surface area contributed by atoms with Crippen LogP contribution in [0.4, 0.5) is 19.3 Å². The molecule has 0 aliphatic carbocycles. The maximum absolute atomic E-state index is 13.4. The lowest BCUT2D eigenvalue weighted by Crippen LogP contribution is -2.35. The van der Waals surface area contributed by atoms with Gasteiger partial charge >= 0.3 is 6.03 Å². The molecule has 8 heteroatoms. The highest BCUT2D eigenvalue weighted by Gasteiger charge is 2.19. The number of amides is 3. The van der Waals surface area contributed by atoms with Gasteiger partial charge in [0.15, 0.2) is 0 Å². The van der Waals surface area contributed by atoms with Crippen molar-refractivity contribution >= 4 is 23.8 Å². The predicted molar refractivity (Wildman–Crippen MR) is 78.7 cm³/mol. The molecule has 0 spiro atoms. The molecule has 0 aliphatic rings. The zero-order valence-corrected chi connectivity index (χ0v) is 11.6. The summed E-state index contributed by atoms with van der Waals surface area (Å²) in [5, 5.41) is 15.4. The van der Waals surface area contributed by atoms with E-state index in [4.69, 9.17) is 5.21 Å². The summed E-state index contributed by atoms with van der Waals surface area (Å²) < 4.78 is 26.9. The molecule has 2 aromatic rings. The van der Waals surface area contributed by atoms with E-state index in [9.17, 15) is 18.4 Å². The molecule has 0 heterocycles. The summed E-state index contributed by atoms with van der Waals surface area (Å²) in [6.45, 7) is 0. The minimum Gasteiger partial charge on any atom is -0.411 e. The molecular weight excluding hydrogens is 308 g/mol. The Morgan fingerprint density at radius 1 is 1.04 bits per heavy atom. The number of oxime groups is 1. The van der Waals surface area contributed by atoms with Gasteiger partial charge in [-0.15, -0.1) is 0 Å². The van der Waals surface area contributed by atoms with Crippen molar-refractivity contribution in [3.05, 3.63) is 65.2 Å². The highest BCUT2D eigenvalue weighted by atomic mass is 19.1. The third kappa shape index (κ3) is 4.10. The lowest BCUT2D eigenvalue weighted by Gasteiger charge is -2.08. The summed E-state index contributed by atoms with van der Waals surface area (Å²) in [5.74, 6) is -3.33. The zero-order chi connectivity index (χ0) is 16.8. The molecule has 0 fully saturated rings. The number of anilines is 1. The molecular formula is C15H11F2N3O3. The first-order valence-electron chi connectivity index (χ1n) is 6.35. The van der Waals surface area contributed by atoms with E-state index in [0.29, 0.717) is 11.3 Å². The van der Waals surface area contributed by atoms with Crippen molar-refractivity contribution < 1.29 is 23.6 Å². The van der Waals surface area contributed by atoms with Gasteiger partial charge in [0.1, 0.15) is 17.2 Å². The first kappa shape index (κ1) is 16.1. The van der Waals surface area contributed by atoms with E-state index in [-0.39, 0.29) is 0 Å². The Hall–Kier alpha value is -3.29. The van der Waals surface area contributed by atoms with Crippen LogP contribution in [0.1, 0.15) is 15.9 Å². The van der Waals surface area contributed by atoms with E-state index in [1.807, 2.05) is 5.32 Å². The molecule has 0 aliphatic heterocycles. The van der Waals surface area contributed by atoms with Crippen LogP contribution in [0.2, 0.25) is 0 Å². The molecule has 0 radical (unpaired) electrons. The molecule has 2 aromatic carbocycles. The van der Waals surface area contributed by atoms with E-state index in [2.05, 4.69) is 10.5 Å². The van der Waals surface area contributed by atoms with E-state index in [1.54, 1.807) is 12.1 Å². The quantitative estimate of drug-likeness (QED) is 0.461. The van der Waals surface area contributed by atoms with Crippen LogP contribution < -0.4 is 10.6 Å². The fourth-order valence-electron chi connectivity index (χ4n) is 1.76. The standard InChI is InChI=1S/C15H11F2N3O3/c16-11-2-1-3-12(17)13(11)14(21)20-15(22)19-10-6-4-9(5-7-10)8-18-23/h1-8,23H,(H2,19,20,21,22)/b18-8+. The number of benzene rings is 2. The monoisotopic (exact) mass is 319 g/mol. The number of imide groups is 1. The van der Waals surface area contributed by atoms with Crippen molar-refractivity contribution in [3.8, 4) is 0 Å². The molecule has 0 saturated carbocycles. The third-order valence-corrected chi connectivity index (χ3v) is 2.79. The number of hydrogen-bond acceptors (Lipinski definition) is 4. The molecule has 0 bridgehead atoms. The molecule has 0 aromatic heterocycles. The fourth-order valence-corrected chi connectivity index (χ4v) is 1.76. The van der Waals surface area contributed by atoms with Crippen LogP contribution in [0, 0.1) is 11.6 Å². The van der Waals surface area contributed by atoms with Crippen LogP contribution in [0.25, 0.3) is 0 Å². The molecule has 6 nitrogen and oxygen atoms in total. The van der Waals surface area contributed by atoms with Gasteiger partial charge in [-0.25, -0.2) is 13.6 Å². The Kier molecular flexibility index (Phi) is 4.98. The smallest absolute Gasteiger partial charge is 0.326 e. The van der Waals surface area contributed by atoms with Crippen LogP contribution in [0.3, 0.4) is 0 Å². The molecule has 3 N–H and O–H groups in total. The van der Waals surface area contributed by atoms with E-state index in [1.165, 1.54) is 18.3 Å². The van der Waals surface area contributed by atoms with Crippen molar-refractivity contribution in [1.29, 1.82) is 0 Å². The summed E-state index contributed by atoms with van der Waals surface area (Å²) in [6.07, 6.45) is 1.19. The van der Waals surface area contributed by atoms with Gasteiger partial charge in [0.05, 0.1) is 6.21 Å². The summed E-state index contributed by atoms with van der Waals surface area (Å²) >= 11 is 0. The number of urea groups is 1. The maximum atomic E-state index is 13.4. The zero-order valence-electron chi connectivity index (χ0n) is 11.6. The minimum absolute atomic E-state index is 0.333. The minimum atomic E-state index is -1.19. The summed E-state index contributed by atoms with van der Waals surface area (Å²) in [6, 6.07) is 8.07. The third-order valence-electron chi connectivity index (χ3n) is 2.79. The number of rotatable bonds is 3. The second kappa shape index (κ2) is 7.12. The first-order chi connectivity index (χ1) is 11.0. The van der Waals surface area contributed by atoms with E-state index in [0.717, 1.165) is 18.2 Å². The molecule has 2 rings (SSSR count). The van der Waals surface area contributed by atoms with Gasteiger partial charge in [0.25, 0.3) is 5.91 Å². The van der Waals surface area contributed by atoms with Gasteiger partial charge < -0.3 is 10.5 Å². The Labute approximate surface area is 129 Å². The molecule has 0 unspecified atom stereocenters. The number of carbonyl (C=O) groups excluding carboxylic acids is 2. The van der Waals surface area contributed by atoms with Gasteiger partial charge in [-0.2, -0.15) is 0 Å². The second-order valence-electron chi connectivity index (χ2n) is 4.37. The van der Waals surface area contributed by atoms with Crippen LogP contribution in [0.15, 0.2) is 47.6 Å². The largest absolute Gasteiger partial charge is 0.411 e. The molecule has 0 atom stereocenters. The molecule has 118 valence electrons. The Morgan fingerprint density at radius 2 is 1.65 bits per heavy atom. The van der Waals surface area contributed by atoms with Gasteiger partial charge in [0, 0.05) is 5.69 Å². The molecule has 3 amide bonds. The average molecular weight is 319 g/mol. The van der Waals surface area contributed by atoms with Crippen LogP contribution in [-0.4, -0.2) is 23.4 Å². The first-order valence-corrected chi connectivity index (χ1v) is 6.35. The van der Waals surface area contributed by atoms with E-state index >= 15 is 0 Å². The summed E-state index contributed by atoms with van der Waals surface area (Å²) in [7, 11) is 0. The van der Waals surface area contributed by atoms with Gasteiger partial charge in [0.2, 0.25) is 0 Å². The molecule has 23 heavy (non-hydrogen) atoms. The normalized spacial score (nSPS) is 10.5. The van der Waals surface area contributed by atoms with Crippen molar-refractivity contribution in [2.75, 3.05) is 5.32 Å². The maximum Gasteiger partial charge on any atom is 0.326 e. The van der Waals surface area contributed by atoms with Gasteiger partial charge in [-0.3, -0.25) is 10.1 Å². The lowest BCUT2D eigenvalue weighted by atomic mass is 10.2. The van der Waals surface area contributed by atoms with E-state index < -0.39 is 29.1 Å². The highest BCUT2D eigenvalue weighted by Crippen LogP contribution is 2.12. The predicted octanol–water partition coefficient (Wildman–Crippen LogP) is 2.73. The molecule has 0 saturated heterocycles. The second-order valence-corrected chi connectivity index (χ2v) is 4.37. The van der Waals surface area contributed by atoms with Crippen molar-refractivity contribution in [2.24, 2.45) is 5.16 Å². The Bertz CT molecular complexity index is 741. The Balaban J connectivity index is 2.03. The van der Waals surface area contributed by atoms with Crippen molar-refractivity contribution in [1.82, 2.24) is 5.32 Å². The summed E-state index contributed by atoms with van der Waals surface area (Å²) in [5.41, 5.74) is 0.0829. The number of halogens is 2. The fraction of sp³-hybridized carbons (Fsp3) is 0. The Morgan fingerprint density at radius 3 is 2.22 bits per heavy atom. The highest BCUT2D eigenvalue weighted by molar-refractivity contribution is 6.08. The average Bonchev–Trinajstić information content (AvgIpc) is 2.49. The van der Waals surface area contributed by atoms with Gasteiger partial charge in [-0.1, -0.05) is 23.4 Å². The SMILES string of the molecule is O=C(NC(=O)c1c(F)cccc1F)Nc1ccc(/C=N/O)cc1. The number of nitrogens with one attached hydrogen (secondary N) is 2. The number of nitrogens with zero attached hydrogens (tertiary/aromatic N) is 1. The topological polar surface area (TPSA) is 90.8 Å².